The first kappa shape index (κ1) is 18.6. The van der Waals surface area contributed by atoms with Crippen LogP contribution in [0.25, 0.3) is 0 Å². The monoisotopic (exact) mass is 346 g/mol. The molecule has 1 atom stereocenters. The maximum Gasteiger partial charge on any atom is 0.325 e. The summed E-state index contributed by atoms with van der Waals surface area (Å²) in [6, 6.07) is 4.28. The number of hydrogen-bond donors (Lipinski definition) is 2. The zero-order valence-corrected chi connectivity index (χ0v) is 14.1. The number of halogens is 2. The number of amides is 1. The van der Waals surface area contributed by atoms with Gasteiger partial charge in [0.1, 0.15) is 6.04 Å². The number of nitrogens with one attached hydrogen (secondary N) is 1. The van der Waals surface area contributed by atoms with E-state index in [1.807, 2.05) is 17.9 Å². The minimum atomic E-state index is -1.08. The number of aliphatic carboxylic acids is 1. The SMILES string of the molecule is Cc1ccc(C(=O)N[C@H](C)C(=O)O)cc1N(CCCl)CCCl. The fraction of sp³-hybridized carbons (Fsp3) is 0.467. The number of carbonyl (C=O) groups is 2. The molecule has 0 aliphatic heterocycles. The Labute approximate surface area is 140 Å². The van der Waals surface area contributed by atoms with Crippen molar-refractivity contribution in [2.75, 3.05) is 29.7 Å². The van der Waals surface area contributed by atoms with E-state index < -0.39 is 17.9 Å². The maximum absolute atomic E-state index is 12.1. The van der Waals surface area contributed by atoms with Crippen molar-refractivity contribution in [2.45, 2.75) is 19.9 Å². The number of rotatable bonds is 8. The number of carbonyl (C=O) groups excluding carboxylic acids is 1. The van der Waals surface area contributed by atoms with E-state index in [-0.39, 0.29) is 0 Å². The van der Waals surface area contributed by atoms with E-state index in [0.29, 0.717) is 30.4 Å². The molecule has 0 aromatic heterocycles. The zero-order valence-electron chi connectivity index (χ0n) is 12.6. The summed E-state index contributed by atoms with van der Waals surface area (Å²) in [4.78, 5) is 24.9. The molecule has 0 fully saturated rings. The Morgan fingerprint density at radius 2 is 1.86 bits per heavy atom. The van der Waals surface area contributed by atoms with Gasteiger partial charge in [0.2, 0.25) is 0 Å². The van der Waals surface area contributed by atoms with Crippen molar-refractivity contribution >= 4 is 40.8 Å². The second kappa shape index (κ2) is 8.86. The first-order chi connectivity index (χ1) is 10.4. The van der Waals surface area contributed by atoms with E-state index >= 15 is 0 Å². The molecule has 0 bridgehead atoms. The third kappa shape index (κ3) is 5.07. The molecule has 122 valence electrons. The summed E-state index contributed by atoms with van der Waals surface area (Å²) in [6.45, 7) is 4.59. The predicted octanol–water partition coefficient (Wildman–Crippen LogP) is 2.48. The van der Waals surface area contributed by atoms with Crippen molar-refractivity contribution in [3.63, 3.8) is 0 Å². The Morgan fingerprint density at radius 3 is 2.36 bits per heavy atom. The van der Waals surface area contributed by atoms with E-state index in [4.69, 9.17) is 28.3 Å². The Hall–Kier alpha value is -1.46. The van der Waals surface area contributed by atoms with Crippen molar-refractivity contribution in [1.29, 1.82) is 0 Å². The van der Waals surface area contributed by atoms with Crippen LogP contribution in [0.1, 0.15) is 22.8 Å². The summed E-state index contributed by atoms with van der Waals surface area (Å²) in [7, 11) is 0. The van der Waals surface area contributed by atoms with Gasteiger partial charge in [0, 0.05) is 36.1 Å². The number of carboxylic acids is 1. The molecule has 0 saturated heterocycles. The van der Waals surface area contributed by atoms with Crippen LogP contribution in [0, 0.1) is 6.92 Å². The molecule has 0 unspecified atom stereocenters. The molecular weight excluding hydrogens is 327 g/mol. The van der Waals surface area contributed by atoms with Gasteiger partial charge in [0.25, 0.3) is 5.91 Å². The van der Waals surface area contributed by atoms with Crippen LogP contribution in [0.3, 0.4) is 0 Å². The number of hydrogen-bond acceptors (Lipinski definition) is 3. The standard InChI is InChI=1S/C15H20Cl2N2O3/c1-10-3-4-12(14(20)18-11(2)15(21)22)9-13(10)19(7-5-16)8-6-17/h3-4,9,11H,5-8H2,1-2H3,(H,18,20)(H,21,22)/t11-/m1/s1. The van der Waals surface area contributed by atoms with Crippen LogP contribution < -0.4 is 10.2 Å². The molecule has 5 nitrogen and oxygen atoms in total. The maximum atomic E-state index is 12.1. The van der Waals surface area contributed by atoms with Gasteiger partial charge in [0.05, 0.1) is 0 Å². The highest BCUT2D eigenvalue weighted by atomic mass is 35.5. The normalized spacial score (nSPS) is 11.8. The zero-order chi connectivity index (χ0) is 16.7. The Bertz CT molecular complexity index is 532. The first-order valence-electron chi connectivity index (χ1n) is 6.92. The summed E-state index contributed by atoms with van der Waals surface area (Å²) in [6.07, 6.45) is 0. The number of benzene rings is 1. The minimum absolute atomic E-state index is 0.405. The Balaban J connectivity index is 3.01. The van der Waals surface area contributed by atoms with E-state index in [1.165, 1.54) is 6.92 Å². The first-order valence-corrected chi connectivity index (χ1v) is 7.98. The highest BCUT2D eigenvalue weighted by molar-refractivity contribution is 6.18. The molecule has 1 amide bonds. The van der Waals surface area contributed by atoms with E-state index in [2.05, 4.69) is 5.32 Å². The molecular formula is C15H20Cl2N2O3. The molecule has 0 spiro atoms. The van der Waals surface area contributed by atoms with Gasteiger partial charge in [-0.3, -0.25) is 9.59 Å². The quantitative estimate of drug-likeness (QED) is 0.709. The molecule has 0 radical (unpaired) electrons. The van der Waals surface area contributed by atoms with Crippen molar-refractivity contribution < 1.29 is 14.7 Å². The lowest BCUT2D eigenvalue weighted by molar-refractivity contribution is -0.138. The Kier molecular flexibility index (Phi) is 7.48. The average molecular weight is 347 g/mol. The number of anilines is 1. The van der Waals surface area contributed by atoms with Gasteiger partial charge in [-0.15, -0.1) is 23.2 Å². The third-order valence-electron chi connectivity index (χ3n) is 3.24. The van der Waals surface area contributed by atoms with Crippen LogP contribution in [-0.2, 0) is 4.79 Å². The van der Waals surface area contributed by atoms with Gasteiger partial charge in [0.15, 0.2) is 0 Å². The summed E-state index contributed by atoms with van der Waals surface area (Å²) in [5.74, 6) is -0.606. The molecule has 0 aliphatic rings. The molecule has 7 heteroatoms. The molecule has 0 heterocycles. The van der Waals surface area contributed by atoms with E-state index in [9.17, 15) is 9.59 Å². The van der Waals surface area contributed by atoms with Crippen molar-refractivity contribution in [3.05, 3.63) is 29.3 Å². The molecule has 1 rings (SSSR count). The largest absolute Gasteiger partial charge is 0.480 e. The minimum Gasteiger partial charge on any atom is -0.480 e. The smallest absolute Gasteiger partial charge is 0.325 e. The molecule has 22 heavy (non-hydrogen) atoms. The van der Waals surface area contributed by atoms with Crippen molar-refractivity contribution in [1.82, 2.24) is 5.32 Å². The summed E-state index contributed by atoms with van der Waals surface area (Å²) in [5.41, 5.74) is 2.28. The number of nitrogens with zero attached hydrogens (tertiary/aromatic N) is 1. The lowest BCUT2D eigenvalue weighted by atomic mass is 10.1. The van der Waals surface area contributed by atoms with Crippen LogP contribution in [0.4, 0.5) is 5.69 Å². The van der Waals surface area contributed by atoms with Crippen LogP contribution >= 0.6 is 23.2 Å². The third-order valence-corrected chi connectivity index (χ3v) is 3.58. The average Bonchev–Trinajstić information content (AvgIpc) is 2.47. The van der Waals surface area contributed by atoms with E-state index in [1.54, 1.807) is 12.1 Å². The molecule has 0 aliphatic carbocycles. The number of aryl methyl sites for hydroxylation is 1. The van der Waals surface area contributed by atoms with Gasteiger partial charge in [-0.25, -0.2) is 0 Å². The molecule has 1 aromatic rings. The summed E-state index contributed by atoms with van der Waals surface area (Å²) in [5, 5.41) is 11.3. The number of carboxylic acid groups (broad SMARTS) is 1. The topological polar surface area (TPSA) is 69.6 Å². The second-order valence-electron chi connectivity index (χ2n) is 4.90. The molecule has 1 aromatic carbocycles. The molecule has 2 N–H and O–H groups in total. The van der Waals surface area contributed by atoms with Crippen molar-refractivity contribution in [2.24, 2.45) is 0 Å². The van der Waals surface area contributed by atoms with E-state index in [0.717, 1.165) is 11.3 Å². The highest BCUT2D eigenvalue weighted by Crippen LogP contribution is 2.22. The second-order valence-corrected chi connectivity index (χ2v) is 5.66. The summed E-state index contributed by atoms with van der Waals surface area (Å²) < 4.78 is 0. The highest BCUT2D eigenvalue weighted by Gasteiger charge is 2.17. The Morgan fingerprint density at radius 1 is 1.27 bits per heavy atom. The fourth-order valence-corrected chi connectivity index (χ4v) is 2.40. The van der Waals surface area contributed by atoms with Gasteiger partial charge < -0.3 is 15.3 Å². The van der Waals surface area contributed by atoms with Crippen molar-refractivity contribution in [3.8, 4) is 0 Å². The predicted molar refractivity (Wildman–Crippen MR) is 89.4 cm³/mol. The fourth-order valence-electron chi connectivity index (χ4n) is 1.99. The number of alkyl halides is 2. The lowest BCUT2D eigenvalue weighted by Gasteiger charge is -2.25. The molecule has 0 saturated carbocycles. The lowest BCUT2D eigenvalue weighted by Crippen LogP contribution is -2.38. The van der Waals surface area contributed by atoms with Gasteiger partial charge >= 0.3 is 5.97 Å². The van der Waals surface area contributed by atoms with Crippen LogP contribution in [0.5, 0.6) is 0 Å². The van der Waals surface area contributed by atoms with Gasteiger partial charge in [-0.2, -0.15) is 0 Å². The van der Waals surface area contributed by atoms with Crippen LogP contribution in [0.15, 0.2) is 18.2 Å². The summed E-state index contributed by atoms with van der Waals surface area (Å²) >= 11 is 11.6. The van der Waals surface area contributed by atoms with Gasteiger partial charge in [-0.05, 0) is 31.5 Å². The van der Waals surface area contributed by atoms with Gasteiger partial charge in [-0.1, -0.05) is 6.07 Å². The van der Waals surface area contributed by atoms with Crippen LogP contribution in [-0.4, -0.2) is 47.9 Å². The van der Waals surface area contributed by atoms with Crippen LogP contribution in [0.2, 0.25) is 0 Å².